The van der Waals surface area contributed by atoms with Gasteiger partial charge in [0.15, 0.2) is 0 Å². The van der Waals surface area contributed by atoms with Gasteiger partial charge in [-0.15, -0.1) is 0 Å². The topological polar surface area (TPSA) is 53.0 Å². The second kappa shape index (κ2) is 8.88. The molecule has 27 heavy (non-hydrogen) atoms. The molecule has 5 heteroatoms. The molecule has 2 heterocycles. The van der Waals surface area contributed by atoms with Crippen LogP contribution < -0.4 is 0 Å². The molecule has 0 radical (unpaired) electrons. The molecule has 1 atom stereocenters. The fourth-order valence-corrected chi connectivity index (χ4v) is 3.58. The van der Waals surface area contributed by atoms with E-state index in [0.29, 0.717) is 18.7 Å². The maximum atomic E-state index is 13.0. The number of nitrogens with zero attached hydrogens (tertiary/aromatic N) is 2. The van der Waals surface area contributed by atoms with Crippen LogP contribution in [0.5, 0.6) is 0 Å². The van der Waals surface area contributed by atoms with Crippen LogP contribution in [-0.2, 0) is 4.74 Å². The van der Waals surface area contributed by atoms with E-state index in [1.54, 1.807) is 13.8 Å². The van der Waals surface area contributed by atoms with Crippen molar-refractivity contribution in [1.82, 2.24) is 9.80 Å². The Kier molecular flexibility index (Phi) is 6.54. The Morgan fingerprint density at radius 3 is 2.78 bits per heavy atom. The van der Waals surface area contributed by atoms with Crippen LogP contribution in [-0.4, -0.2) is 71.8 Å². The molecule has 5 nitrogen and oxygen atoms in total. The first kappa shape index (κ1) is 19.9. The van der Waals surface area contributed by atoms with Gasteiger partial charge >= 0.3 is 0 Å². The van der Waals surface area contributed by atoms with E-state index in [-0.39, 0.29) is 12.0 Å². The van der Waals surface area contributed by atoms with Crippen molar-refractivity contribution in [3.05, 3.63) is 35.4 Å². The minimum absolute atomic E-state index is 0.0267. The van der Waals surface area contributed by atoms with Gasteiger partial charge in [-0.3, -0.25) is 4.79 Å². The zero-order valence-corrected chi connectivity index (χ0v) is 16.4. The molecule has 3 rings (SSSR count). The van der Waals surface area contributed by atoms with E-state index >= 15 is 0 Å². The molecule has 0 bridgehead atoms. The maximum Gasteiger partial charge on any atom is 0.253 e. The third-order valence-corrected chi connectivity index (χ3v) is 4.92. The third-order valence-electron chi connectivity index (χ3n) is 4.92. The van der Waals surface area contributed by atoms with Crippen LogP contribution in [0.2, 0.25) is 0 Å². The highest BCUT2D eigenvalue weighted by molar-refractivity contribution is 5.94. The van der Waals surface area contributed by atoms with E-state index < -0.39 is 5.60 Å². The quantitative estimate of drug-likeness (QED) is 0.829. The summed E-state index contributed by atoms with van der Waals surface area (Å²) in [5.41, 5.74) is 0.326. The Hall–Kier alpha value is -1.87. The van der Waals surface area contributed by atoms with Gasteiger partial charge in [0, 0.05) is 37.4 Å². The summed E-state index contributed by atoms with van der Waals surface area (Å²) in [4.78, 5) is 17.4. The summed E-state index contributed by atoms with van der Waals surface area (Å²) in [6, 6.07) is 7.34. The van der Waals surface area contributed by atoms with Gasteiger partial charge < -0.3 is 19.6 Å². The predicted molar refractivity (Wildman–Crippen MR) is 106 cm³/mol. The molecular formula is C22H30N2O3. The van der Waals surface area contributed by atoms with Crippen LogP contribution in [0.3, 0.4) is 0 Å². The number of hydrogen-bond acceptors (Lipinski definition) is 4. The van der Waals surface area contributed by atoms with Gasteiger partial charge in [-0.05, 0) is 64.4 Å². The highest BCUT2D eigenvalue weighted by Gasteiger charge is 2.26. The summed E-state index contributed by atoms with van der Waals surface area (Å²) < 4.78 is 6.00. The second-order valence-corrected chi connectivity index (χ2v) is 8.00. The van der Waals surface area contributed by atoms with E-state index in [4.69, 9.17) is 4.74 Å². The van der Waals surface area contributed by atoms with Gasteiger partial charge in [-0.1, -0.05) is 17.9 Å². The van der Waals surface area contributed by atoms with Crippen LogP contribution in [0, 0.1) is 11.8 Å². The lowest BCUT2D eigenvalue weighted by atomic mass is 10.1. The number of benzene rings is 1. The number of likely N-dealkylation sites (tertiary alicyclic amines) is 1. The van der Waals surface area contributed by atoms with Crippen LogP contribution in [0.15, 0.2) is 24.3 Å². The average Bonchev–Trinajstić information content (AvgIpc) is 3.03. The van der Waals surface area contributed by atoms with Crippen LogP contribution in [0.1, 0.15) is 49.0 Å². The van der Waals surface area contributed by atoms with Crippen molar-refractivity contribution in [2.75, 3.05) is 39.3 Å². The largest absolute Gasteiger partial charge is 0.378 e. The lowest BCUT2D eigenvalue weighted by Gasteiger charge is -2.27. The van der Waals surface area contributed by atoms with Crippen LogP contribution >= 0.6 is 0 Å². The van der Waals surface area contributed by atoms with Crippen LogP contribution in [0.25, 0.3) is 0 Å². The van der Waals surface area contributed by atoms with Gasteiger partial charge in [-0.2, -0.15) is 0 Å². The molecule has 2 aliphatic rings. The zero-order chi connectivity index (χ0) is 19.3. The number of aliphatic hydroxyl groups is 1. The smallest absolute Gasteiger partial charge is 0.253 e. The molecule has 0 unspecified atom stereocenters. The Morgan fingerprint density at radius 2 is 2.04 bits per heavy atom. The molecule has 1 aromatic carbocycles. The third kappa shape index (κ3) is 6.07. The van der Waals surface area contributed by atoms with E-state index in [1.807, 2.05) is 29.2 Å². The standard InChI is InChI=1S/C22H30N2O3/c1-22(2,26)10-9-18-7-5-8-19(15-18)21(25)24-13-6-14-27-20(17-24)16-23-11-3-4-12-23/h5,7-8,15,20,26H,3-4,6,11-14,16-17H2,1-2H3/t20-/m1/s1. The summed E-state index contributed by atoms with van der Waals surface area (Å²) in [7, 11) is 0. The number of amides is 1. The maximum absolute atomic E-state index is 13.0. The molecule has 1 aromatic rings. The molecule has 2 fully saturated rings. The fraction of sp³-hybridized carbons (Fsp3) is 0.591. The summed E-state index contributed by atoms with van der Waals surface area (Å²) in [6.07, 6.45) is 3.45. The predicted octanol–water partition coefficient (Wildman–Crippen LogP) is 2.14. The van der Waals surface area contributed by atoms with Crippen molar-refractivity contribution < 1.29 is 14.6 Å². The number of carbonyl (C=O) groups is 1. The molecule has 2 aliphatic heterocycles. The van der Waals surface area contributed by atoms with Crippen molar-refractivity contribution in [3.8, 4) is 11.8 Å². The SMILES string of the molecule is CC(C)(O)C#Cc1cccc(C(=O)N2CCCO[C@H](CN3CCCC3)C2)c1. The number of rotatable bonds is 3. The zero-order valence-electron chi connectivity index (χ0n) is 16.4. The summed E-state index contributed by atoms with van der Waals surface area (Å²) in [5.74, 6) is 5.77. The van der Waals surface area contributed by atoms with E-state index in [2.05, 4.69) is 16.7 Å². The monoisotopic (exact) mass is 370 g/mol. The Balaban J connectivity index is 1.68. The minimum Gasteiger partial charge on any atom is -0.378 e. The highest BCUT2D eigenvalue weighted by atomic mass is 16.5. The molecule has 0 aromatic heterocycles. The van der Waals surface area contributed by atoms with Crippen molar-refractivity contribution in [1.29, 1.82) is 0 Å². The first-order valence-electron chi connectivity index (χ1n) is 9.89. The van der Waals surface area contributed by atoms with Crippen molar-refractivity contribution in [3.63, 3.8) is 0 Å². The minimum atomic E-state index is -1.05. The van der Waals surface area contributed by atoms with Crippen molar-refractivity contribution >= 4 is 5.91 Å². The van der Waals surface area contributed by atoms with E-state index in [1.165, 1.54) is 12.8 Å². The Morgan fingerprint density at radius 1 is 1.26 bits per heavy atom. The second-order valence-electron chi connectivity index (χ2n) is 8.00. The van der Waals surface area contributed by atoms with Crippen LogP contribution in [0.4, 0.5) is 0 Å². The summed E-state index contributed by atoms with van der Waals surface area (Å²) >= 11 is 0. The molecule has 0 saturated carbocycles. The molecule has 1 N–H and O–H groups in total. The Labute approximate surface area is 162 Å². The van der Waals surface area contributed by atoms with E-state index in [9.17, 15) is 9.90 Å². The van der Waals surface area contributed by atoms with Gasteiger partial charge in [0.25, 0.3) is 5.91 Å². The van der Waals surface area contributed by atoms with E-state index in [0.717, 1.165) is 38.2 Å². The average molecular weight is 370 g/mol. The first-order valence-corrected chi connectivity index (χ1v) is 9.89. The summed E-state index contributed by atoms with van der Waals surface area (Å²) in [6.45, 7) is 8.52. The van der Waals surface area contributed by atoms with Gasteiger partial charge in [0.1, 0.15) is 5.60 Å². The first-order chi connectivity index (χ1) is 12.9. The van der Waals surface area contributed by atoms with Gasteiger partial charge in [0.2, 0.25) is 0 Å². The Bertz CT molecular complexity index is 708. The molecule has 146 valence electrons. The molecule has 0 aliphatic carbocycles. The molecule has 1 amide bonds. The van der Waals surface area contributed by atoms with Crippen molar-refractivity contribution in [2.45, 2.75) is 44.8 Å². The van der Waals surface area contributed by atoms with Gasteiger partial charge in [0.05, 0.1) is 6.10 Å². The number of carbonyl (C=O) groups excluding carboxylic acids is 1. The highest BCUT2D eigenvalue weighted by Crippen LogP contribution is 2.15. The van der Waals surface area contributed by atoms with Crippen molar-refractivity contribution in [2.24, 2.45) is 0 Å². The lowest BCUT2D eigenvalue weighted by molar-refractivity contribution is 0.0297. The lowest BCUT2D eigenvalue weighted by Crippen LogP contribution is -2.41. The number of ether oxygens (including phenoxy) is 1. The molecule has 0 spiro atoms. The molecular weight excluding hydrogens is 340 g/mol. The van der Waals surface area contributed by atoms with Gasteiger partial charge in [-0.25, -0.2) is 0 Å². The fourth-order valence-electron chi connectivity index (χ4n) is 3.58. The molecule has 2 saturated heterocycles. The number of hydrogen-bond donors (Lipinski definition) is 1. The summed E-state index contributed by atoms with van der Waals surface area (Å²) in [5, 5.41) is 9.77. The normalized spacial score (nSPS) is 21.4.